The third kappa shape index (κ3) is 4.06. The molecule has 1 amide bonds. The van der Waals surface area contributed by atoms with E-state index in [0.717, 1.165) is 10.0 Å². The molecule has 0 spiro atoms. The molecule has 0 saturated heterocycles. The molecule has 2 rings (SSSR count). The highest BCUT2D eigenvalue weighted by Gasteiger charge is 2.05. The molecule has 1 N–H and O–H groups in total. The van der Waals surface area contributed by atoms with Gasteiger partial charge in [0, 0.05) is 10.7 Å². The summed E-state index contributed by atoms with van der Waals surface area (Å²) in [5, 5.41) is 2.71. The van der Waals surface area contributed by atoms with E-state index in [1.165, 1.54) is 0 Å². The van der Waals surface area contributed by atoms with E-state index in [4.69, 9.17) is 4.74 Å². The highest BCUT2D eigenvalue weighted by molar-refractivity contribution is 9.10. The average molecular weight is 321 g/mol. The van der Waals surface area contributed by atoms with Crippen LogP contribution in [0.5, 0.6) is 5.75 Å². The number of rotatable bonds is 4. The fraction of sp³-hybridized carbons (Fsp3) is 0.143. The van der Waals surface area contributed by atoms with Gasteiger partial charge in [-0.1, -0.05) is 15.9 Å². The minimum atomic E-state index is -0.213. The SMILES string of the molecule is Cc1cc(Br)ccc1OCC(=O)Nc1cccnc1. The summed E-state index contributed by atoms with van der Waals surface area (Å²) in [6.45, 7) is 1.90. The van der Waals surface area contributed by atoms with Crippen LogP contribution in [-0.2, 0) is 4.79 Å². The fourth-order valence-electron chi connectivity index (χ4n) is 1.55. The van der Waals surface area contributed by atoms with Gasteiger partial charge < -0.3 is 10.1 Å². The Kier molecular flexibility index (Phi) is 4.52. The van der Waals surface area contributed by atoms with Gasteiger partial charge in [-0.2, -0.15) is 0 Å². The van der Waals surface area contributed by atoms with Gasteiger partial charge >= 0.3 is 0 Å². The Morgan fingerprint density at radius 2 is 2.26 bits per heavy atom. The maximum atomic E-state index is 11.7. The van der Waals surface area contributed by atoms with E-state index in [1.807, 2.05) is 25.1 Å². The van der Waals surface area contributed by atoms with Crippen molar-refractivity contribution in [2.45, 2.75) is 6.92 Å². The first kappa shape index (κ1) is 13.5. The lowest BCUT2D eigenvalue weighted by Gasteiger charge is -2.09. The summed E-state index contributed by atoms with van der Waals surface area (Å²) >= 11 is 3.38. The van der Waals surface area contributed by atoms with Crippen LogP contribution in [0.15, 0.2) is 47.2 Å². The first-order valence-electron chi connectivity index (χ1n) is 5.74. The largest absolute Gasteiger partial charge is 0.483 e. The van der Waals surface area contributed by atoms with Crippen LogP contribution >= 0.6 is 15.9 Å². The van der Waals surface area contributed by atoms with Crippen LogP contribution in [0.1, 0.15) is 5.56 Å². The Balaban J connectivity index is 1.90. The number of amides is 1. The maximum Gasteiger partial charge on any atom is 0.262 e. The summed E-state index contributed by atoms with van der Waals surface area (Å²) in [6, 6.07) is 9.18. The van der Waals surface area contributed by atoms with Gasteiger partial charge in [0.15, 0.2) is 6.61 Å². The number of aromatic nitrogens is 1. The second-order valence-electron chi connectivity index (χ2n) is 3.99. The van der Waals surface area contributed by atoms with Crippen molar-refractivity contribution in [2.75, 3.05) is 11.9 Å². The molecule has 1 aromatic heterocycles. The minimum absolute atomic E-state index is 0.0304. The summed E-state index contributed by atoms with van der Waals surface area (Å²) in [7, 11) is 0. The van der Waals surface area contributed by atoms with E-state index < -0.39 is 0 Å². The highest BCUT2D eigenvalue weighted by atomic mass is 79.9. The number of nitrogens with one attached hydrogen (secondary N) is 1. The Morgan fingerprint density at radius 1 is 1.42 bits per heavy atom. The standard InChI is InChI=1S/C14H13BrN2O2/c1-10-7-11(15)4-5-13(10)19-9-14(18)17-12-3-2-6-16-8-12/h2-8H,9H2,1H3,(H,17,18). The molecule has 0 aliphatic carbocycles. The van der Waals surface area contributed by atoms with Crippen LogP contribution in [0.2, 0.25) is 0 Å². The molecule has 1 heterocycles. The molecule has 4 nitrogen and oxygen atoms in total. The molecule has 2 aromatic rings. The monoisotopic (exact) mass is 320 g/mol. The van der Waals surface area contributed by atoms with E-state index in [9.17, 15) is 4.79 Å². The zero-order chi connectivity index (χ0) is 13.7. The normalized spacial score (nSPS) is 10.0. The predicted octanol–water partition coefficient (Wildman–Crippen LogP) is 3.17. The number of hydrogen-bond acceptors (Lipinski definition) is 3. The van der Waals surface area contributed by atoms with E-state index >= 15 is 0 Å². The minimum Gasteiger partial charge on any atom is -0.483 e. The first-order chi connectivity index (χ1) is 9.15. The smallest absolute Gasteiger partial charge is 0.262 e. The summed E-state index contributed by atoms with van der Waals surface area (Å²) in [5.41, 5.74) is 1.63. The molecule has 0 atom stereocenters. The van der Waals surface area contributed by atoms with Crippen LogP contribution in [-0.4, -0.2) is 17.5 Å². The number of aryl methyl sites for hydroxylation is 1. The van der Waals surface area contributed by atoms with Gasteiger partial charge in [-0.3, -0.25) is 9.78 Å². The number of anilines is 1. The maximum absolute atomic E-state index is 11.7. The molecule has 1 aromatic carbocycles. The Labute approximate surface area is 119 Å². The highest BCUT2D eigenvalue weighted by Crippen LogP contribution is 2.22. The number of carbonyl (C=O) groups excluding carboxylic acids is 1. The Bertz CT molecular complexity index is 573. The van der Waals surface area contributed by atoms with Gasteiger partial charge in [-0.05, 0) is 42.8 Å². The summed E-state index contributed by atoms with van der Waals surface area (Å²) in [6.07, 6.45) is 3.24. The number of ether oxygens (including phenoxy) is 1. The summed E-state index contributed by atoms with van der Waals surface area (Å²) in [5.74, 6) is 0.486. The van der Waals surface area contributed by atoms with Crippen molar-refractivity contribution in [3.63, 3.8) is 0 Å². The fourth-order valence-corrected chi connectivity index (χ4v) is 2.03. The number of hydrogen-bond donors (Lipinski definition) is 1. The molecular weight excluding hydrogens is 308 g/mol. The third-order valence-electron chi connectivity index (χ3n) is 2.44. The van der Waals surface area contributed by atoms with E-state index in [-0.39, 0.29) is 12.5 Å². The number of benzene rings is 1. The Morgan fingerprint density at radius 3 is 2.95 bits per heavy atom. The molecular formula is C14H13BrN2O2. The van der Waals surface area contributed by atoms with Gasteiger partial charge in [-0.25, -0.2) is 0 Å². The van der Waals surface area contributed by atoms with Crippen molar-refractivity contribution in [3.8, 4) is 5.75 Å². The molecule has 98 valence electrons. The predicted molar refractivity (Wildman–Crippen MR) is 77.2 cm³/mol. The van der Waals surface area contributed by atoms with E-state index in [2.05, 4.69) is 26.2 Å². The summed E-state index contributed by atoms with van der Waals surface area (Å²) in [4.78, 5) is 15.6. The lowest BCUT2D eigenvalue weighted by Crippen LogP contribution is -2.20. The summed E-state index contributed by atoms with van der Waals surface area (Å²) < 4.78 is 6.46. The topological polar surface area (TPSA) is 51.2 Å². The second-order valence-corrected chi connectivity index (χ2v) is 4.90. The third-order valence-corrected chi connectivity index (χ3v) is 2.93. The van der Waals surface area contributed by atoms with Gasteiger partial charge in [0.1, 0.15) is 5.75 Å². The molecule has 0 unspecified atom stereocenters. The molecule has 0 saturated carbocycles. The van der Waals surface area contributed by atoms with E-state index in [1.54, 1.807) is 24.5 Å². The molecule has 0 aliphatic heterocycles. The van der Waals surface area contributed by atoms with Gasteiger partial charge in [0.05, 0.1) is 11.9 Å². The molecule has 0 radical (unpaired) electrons. The van der Waals surface area contributed by atoms with Crippen molar-refractivity contribution in [1.29, 1.82) is 0 Å². The molecule has 0 aliphatic rings. The number of carbonyl (C=O) groups is 1. The first-order valence-corrected chi connectivity index (χ1v) is 6.53. The lowest BCUT2D eigenvalue weighted by atomic mass is 10.2. The molecule has 0 bridgehead atoms. The zero-order valence-electron chi connectivity index (χ0n) is 10.4. The molecule has 0 fully saturated rings. The van der Waals surface area contributed by atoms with Crippen molar-refractivity contribution in [2.24, 2.45) is 0 Å². The van der Waals surface area contributed by atoms with Gasteiger partial charge in [0.2, 0.25) is 0 Å². The van der Waals surface area contributed by atoms with Crippen molar-refractivity contribution >= 4 is 27.5 Å². The zero-order valence-corrected chi connectivity index (χ0v) is 12.0. The number of nitrogens with zero attached hydrogens (tertiary/aromatic N) is 1. The van der Waals surface area contributed by atoms with Crippen LogP contribution < -0.4 is 10.1 Å². The Hall–Kier alpha value is -1.88. The van der Waals surface area contributed by atoms with Crippen molar-refractivity contribution in [3.05, 3.63) is 52.8 Å². The van der Waals surface area contributed by atoms with Gasteiger partial charge in [-0.15, -0.1) is 0 Å². The van der Waals surface area contributed by atoms with Crippen molar-refractivity contribution < 1.29 is 9.53 Å². The number of pyridine rings is 1. The van der Waals surface area contributed by atoms with Gasteiger partial charge in [0.25, 0.3) is 5.91 Å². The van der Waals surface area contributed by atoms with Crippen molar-refractivity contribution in [1.82, 2.24) is 4.98 Å². The average Bonchev–Trinajstić information content (AvgIpc) is 2.39. The number of halogens is 1. The van der Waals surface area contributed by atoms with Crippen LogP contribution in [0.25, 0.3) is 0 Å². The molecule has 5 heteroatoms. The lowest BCUT2D eigenvalue weighted by molar-refractivity contribution is -0.118. The van der Waals surface area contributed by atoms with Crippen LogP contribution in [0.3, 0.4) is 0 Å². The quantitative estimate of drug-likeness (QED) is 0.941. The molecule has 19 heavy (non-hydrogen) atoms. The second kappa shape index (κ2) is 6.33. The van der Waals surface area contributed by atoms with Crippen LogP contribution in [0.4, 0.5) is 5.69 Å². The van der Waals surface area contributed by atoms with Crippen LogP contribution in [0, 0.1) is 6.92 Å². The van der Waals surface area contributed by atoms with E-state index in [0.29, 0.717) is 11.4 Å².